The molecule has 0 unspecified atom stereocenters. The maximum absolute atomic E-state index is 5.73. The van der Waals surface area contributed by atoms with Crippen molar-refractivity contribution in [3.8, 4) is 0 Å². The number of aryl methyl sites for hydroxylation is 1. The number of anilines is 1. The summed E-state index contributed by atoms with van der Waals surface area (Å²) < 4.78 is 0. The van der Waals surface area contributed by atoms with Crippen molar-refractivity contribution >= 4 is 33.8 Å². The number of aromatic nitrogens is 1. The van der Waals surface area contributed by atoms with Crippen LogP contribution < -0.4 is 10.2 Å². The summed E-state index contributed by atoms with van der Waals surface area (Å²) in [5.74, 6) is 1.12. The Labute approximate surface area is 192 Å². The van der Waals surface area contributed by atoms with E-state index in [0.29, 0.717) is 0 Å². The molecule has 2 aliphatic heterocycles. The molecular formula is C25H37N5S. The van der Waals surface area contributed by atoms with E-state index in [-0.39, 0.29) is 0 Å². The second-order valence-corrected chi connectivity index (χ2v) is 9.56. The number of pyridine rings is 1. The van der Waals surface area contributed by atoms with E-state index in [1.54, 1.807) is 0 Å². The van der Waals surface area contributed by atoms with Crippen molar-refractivity contribution in [2.24, 2.45) is 0 Å². The van der Waals surface area contributed by atoms with E-state index in [1.807, 2.05) is 0 Å². The molecule has 0 bridgehead atoms. The van der Waals surface area contributed by atoms with Crippen molar-refractivity contribution in [2.45, 2.75) is 33.1 Å². The number of benzene rings is 1. The number of thiocarbonyl (C=S) groups is 1. The van der Waals surface area contributed by atoms with Gasteiger partial charge in [-0.25, -0.2) is 4.98 Å². The molecule has 1 aromatic carbocycles. The molecule has 2 saturated heterocycles. The van der Waals surface area contributed by atoms with Gasteiger partial charge in [0.25, 0.3) is 0 Å². The molecule has 168 valence electrons. The minimum Gasteiger partial charge on any atom is -0.354 e. The molecule has 1 aromatic heterocycles. The highest BCUT2D eigenvalue weighted by atomic mass is 32.1. The monoisotopic (exact) mass is 439 g/mol. The molecule has 0 atom stereocenters. The van der Waals surface area contributed by atoms with Crippen LogP contribution in [0.2, 0.25) is 0 Å². The van der Waals surface area contributed by atoms with E-state index < -0.39 is 0 Å². The maximum atomic E-state index is 5.73. The van der Waals surface area contributed by atoms with Crippen LogP contribution in [0.3, 0.4) is 0 Å². The molecule has 5 nitrogen and oxygen atoms in total. The van der Waals surface area contributed by atoms with Gasteiger partial charge >= 0.3 is 0 Å². The fraction of sp³-hybridized carbons (Fsp3) is 0.600. The topological polar surface area (TPSA) is 34.6 Å². The Morgan fingerprint density at radius 1 is 1.03 bits per heavy atom. The van der Waals surface area contributed by atoms with Gasteiger partial charge in [-0.2, -0.15) is 0 Å². The molecule has 0 spiro atoms. The zero-order valence-electron chi connectivity index (χ0n) is 19.2. The molecule has 0 amide bonds. The van der Waals surface area contributed by atoms with Crippen LogP contribution in [0.25, 0.3) is 10.9 Å². The number of piperazine rings is 2. The van der Waals surface area contributed by atoms with E-state index in [4.69, 9.17) is 17.2 Å². The van der Waals surface area contributed by atoms with E-state index in [9.17, 15) is 0 Å². The lowest BCUT2D eigenvalue weighted by atomic mass is 10.0. The molecule has 1 N–H and O–H groups in total. The second kappa shape index (κ2) is 10.8. The van der Waals surface area contributed by atoms with Crippen molar-refractivity contribution < 1.29 is 0 Å². The van der Waals surface area contributed by atoms with Gasteiger partial charge < -0.3 is 20.0 Å². The Bertz CT molecular complexity index is 885. The van der Waals surface area contributed by atoms with Gasteiger partial charge in [-0.05, 0) is 67.0 Å². The zero-order valence-corrected chi connectivity index (χ0v) is 20.0. The molecule has 0 aliphatic carbocycles. The first-order valence-electron chi connectivity index (χ1n) is 11.9. The van der Waals surface area contributed by atoms with E-state index in [2.05, 4.69) is 58.1 Å². The fourth-order valence-electron chi connectivity index (χ4n) is 4.74. The minimum atomic E-state index is 0.896. The van der Waals surface area contributed by atoms with E-state index in [0.717, 1.165) is 76.5 Å². The van der Waals surface area contributed by atoms with Crippen molar-refractivity contribution in [1.29, 1.82) is 0 Å². The minimum absolute atomic E-state index is 0.896. The second-order valence-electron chi connectivity index (χ2n) is 8.98. The third-order valence-corrected chi connectivity index (χ3v) is 7.10. The molecule has 2 fully saturated rings. The Balaban J connectivity index is 1.35. The normalized spacial score (nSPS) is 18.6. The highest BCUT2D eigenvalue weighted by molar-refractivity contribution is 7.80. The van der Waals surface area contributed by atoms with Crippen LogP contribution >= 0.6 is 12.2 Å². The zero-order chi connectivity index (χ0) is 21.6. The average Bonchev–Trinajstić information content (AvgIpc) is 2.80. The van der Waals surface area contributed by atoms with Gasteiger partial charge in [-0.1, -0.05) is 25.2 Å². The molecule has 4 rings (SSSR count). The van der Waals surface area contributed by atoms with E-state index >= 15 is 0 Å². The molecule has 6 heteroatoms. The lowest BCUT2D eigenvalue weighted by molar-refractivity contribution is 0.240. The third-order valence-electron chi connectivity index (χ3n) is 6.75. The van der Waals surface area contributed by atoms with Gasteiger partial charge in [0.1, 0.15) is 5.82 Å². The molecule has 0 saturated carbocycles. The molecule has 2 aromatic rings. The Morgan fingerprint density at radius 3 is 2.55 bits per heavy atom. The molecule has 31 heavy (non-hydrogen) atoms. The number of hydrogen-bond acceptors (Lipinski definition) is 6. The number of nitrogens with zero attached hydrogens (tertiary/aromatic N) is 4. The molecule has 0 radical (unpaired) electrons. The Morgan fingerprint density at radius 2 is 1.81 bits per heavy atom. The molecule has 3 heterocycles. The highest BCUT2D eigenvalue weighted by Gasteiger charge is 2.18. The van der Waals surface area contributed by atoms with Crippen LogP contribution in [0.4, 0.5) is 5.82 Å². The van der Waals surface area contributed by atoms with E-state index in [1.165, 1.54) is 40.9 Å². The largest absolute Gasteiger partial charge is 0.354 e. The molecule has 2 aliphatic rings. The first-order chi connectivity index (χ1) is 15.1. The summed E-state index contributed by atoms with van der Waals surface area (Å²) in [7, 11) is 0. The summed E-state index contributed by atoms with van der Waals surface area (Å²) in [6, 6.07) is 8.97. The number of likely N-dealkylation sites (N-methyl/N-ethyl adjacent to an activating group) is 1. The first kappa shape index (κ1) is 22.6. The Hall–Kier alpha value is -1.60. The van der Waals surface area contributed by atoms with Gasteiger partial charge in [0.05, 0.1) is 5.52 Å². The van der Waals surface area contributed by atoms with Gasteiger partial charge in [0, 0.05) is 64.2 Å². The fourth-order valence-corrected chi connectivity index (χ4v) is 5.05. The SMILES string of the molecule is CCN1CCN(c2cc(C)c3cc(CC(=S)CCCN4CCNCC4)ccc3n2)CC1. The van der Waals surface area contributed by atoms with Gasteiger partial charge in [0.15, 0.2) is 0 Å². The van der Waals surface area contributed by atoms with Gasteiger partial charge in [-0.3, -0.25) is 0 Å². The summed E-state index contributed by atoms with van der Waals surface area (Å²) in [5.41, 5.74) is 3.72. The average molecular weight is 440 g/mol. The van der Waals surface area contributed by atoms with Crippen LogP contribution in [-0.4, -0.2) is 85.1 Å². The summed E-state index contributed by atoms with van der Waals surface area (Å²) in [4.78, 5) is 13.6. The van der Waals surface area contributed by atoms with Crippen molar-refractivity contribution in [3.05, 3.63) is 35.4 Å². The summed E-state index contributed by atoms with van der Waals surface area (Å²) in [6.45, 7) is 15.7. The standard InChI is InChI=1S/C25H37N5S/c1-3-28-13-15-30(16-14-28)25-17-20(2)23-19-21(6-7-24(23)27-25)18-22(31)5-4-10-29-11-8-26-9-12-29/h6-7,17,19,26H,3-5,8-16,18H2,1-2H3. The lowest BCUT2D eigenvalue weighted by Gasteiger charge is -2.35. The van der Waals surface area contributed by atoms with Crippen LogP contribution in [0.1, 0.15) is 30.9 Å². The third kappa shape index (κ3) is 6.01. The quantitative estimate of drug-likeness (QED) is 0.636. The number of nitrogens with one attached hydrogen (secondary N) is 1. The number of rotatable bonds is 8. The number of fused-ring (bicyclic) bond motifs is 1. The summed E-state index contributed by atoms with van der Waals surface area (Å²) in [5, 5.41) is 4.68. The van der Waals surface area contributed by atoms with Crippen LogP contribution in [-0.2, 0) is 6.42 Å². The van der Waals surface area contributed by atoms with Gasteiger partial charge in [-0.15, -0.1) is 0 Å². The van der Waals surface area contributed by atoms with Gasteiger partial charge in [0.2, 0.25) is 0 Å². The van der Waals surface area contributed by atoms with Crippen LogP contribution in [0, 0.1) is 6.92 Å². The smallest absolute Gasteiger partial charge is 0.129 e. The Kier molecular flexibility index (Phi) is 7.88. The summed E-state index contributed by atoms with van der Waals surface area (Å²) in [6.07, 6.45) is 3.10. The number of hydrogen-bond donors (Lipinski definition) is 1. The van der Waals surface area contributed by atoms with Crippen molar-refractivity contribution in [2.75, 3.05) is 70.3 Å². The van der Waals surface area contributed by atoms with Crippen LogP contribution in [0.5, 0.6) is 0 Å². The molecular weight excluding hydrogens is 402 g/mol. The first-order valence-corrected chi connectivity index (χ1v) is 12.4. The lowest BCUT2D eigenvalue weighted by Crippen LogP contribution is -2.46. The maximum Gasteiger partial charge on any atom is 0.129 e. The predicted octanol–water partition coefficient (Wildman–Crippen LogP) is 3.28. The van der Waals surface area contributed by atoms with Crippen molar-refractivity contribution in [3.63, 3.8) is 0 Å². The highest BCUT2D eigenvalue weighted by Crippen LogP contribution is 2.25. The predicted molar refractivity (Wildman–Crippen MR) is 136 cm³/mol. The van der Waals surface area contributed by atoms with Crippen molar-refractivity contribution in [1.82, 2.24) is 20.1 Å². The summed E-state index contributed by atoms with van der Waals surface area (Å²) >= 11 is 5.73. The van der Waals surface area contributed by atoms with Crippen LogP contribution in [0.15, 0.2) is 24.3 Å².